The smallest absolute Gasteiger partial charge is 0.273 e. The average molecular weight is 264 g/mol. The second-order valence-electron chi connectivity index (χ2n) is 5.83. The van der Waals surface area contributed by atoms with Gasteiger partial charge in [0.25, 0.3) is 5.91 Å². The van der Waals surface area contributed by atoms with Crippen molar-refractivity contribution in [3.05, 3.63) is 11.4 Å². The number of nitrogen functional groups attached to an aromatic ring is 1. The van der Waals surface area contributed by atoms with E-state index in [1.165, 1.54) is 0 Å². The highest BCUT2D eigenvalue weighted by Gasteiger charge is 2.42. The highest BCUT2D eigenvalue weighted by atomic mass is 16.3. The second-order valence-corrected chi connectivity index (χ2v) is 5.83. The summed E-state index contributed by atoms with van der Waals surface area (Å²) in [6.45, 7) is 0.768. The molecule has 0 aliphatic heterocycles. The summed E-state index contributed by atoms with van der Waals surface area (Å²) in [4.78, 5) is 12.1. The van der Waals surface area contributed by atoms with Gasteiger partial charge in [-0.3, -0.25) is 9.89 Å². The van der Waals surface area contributed by atoms with Gasteiger partial charge < -0.3 is 16.2 Å². The Morgan fingerprint density at radius 2 is 2.26 bits per heavy atom. The van der Waals surface area contributed by atoms with Crippen LogP contribution in [0.25, 0.3) is 0 Å². The van der Waals surface area contributed by atoms with Crippen LogP contribution in [0.5, 0.6) is 0 Å². The molecule has 1 amide bonds. The predicted octanol–water partition coefficient (Wildman–Crippen LogP) is 0.762. The fourth-order valence-electron chi connectivity index (χ4n) is 2.50. The minimum Gasteiger partial charge on any atom is -0.396 e. The number of aliphatic hydroxyl groups is 1. The summed E-state index contributed by atoms with van der Waals surface area (Å²) < 4.78 is 0. The van der Waals surface area contributed by atoms with Crippen molar-refractivity contribution in [2.24, 2.45) is 5.41 Å². The Bertz CT molecular complexity index is 489. The average Bonchev–Trinajstić information content (AvgIpc) is 3.30. The number of carbonyl (C=O) groups excluding carboxylic acids is 1. The third-order valence-corrected chi connectivity index (χ3v) is 4.26. The van der Waals surface area contributed by atoms with E-state index < -0.39 is 0 Å². The first-order chi connectivity index (χ1) is 9.15. The lowest BCUT2D eigenvalue weighted by molar-refractivity contribution is 0.0936. The van der Waals surface area contributed by atoms with Gasteiger partial charge in [0.2, 0.25) is 0 Å². The monoisotopic (exact) mass is 264 g/mol. The molecule has 2 aliphatic rings. The number of rotatable bonds is 6. The molecular formula is C13H20N4O2. The molecule has 6 heteroatoms. The van der Waals surface area contributed by atoms with Gasteiger partial charge in [0.1, 0.15) is 0 Å². The fraction of sp³-hybridized carbons (Fsp3) is 0.692. The van der Waals surface area contributed by atoms with Gasteiger partial charge in [-0.15, -0.1) is 0 Å². The summed E-state index contributed by atoms with van der Waals surface area (Å²) in [7, 11) is 0. The normalized spacial score (nSPS) is 20.3. The molecule has 5 N–H and O–H groups in total. The topological polar surface area (TPSA) is 104 Å². The van der Waals surface area contributed by atoms with E-state index >= 15 is 0 Å². The number of hydrogen-bond acceptors (Lipinski definition) is 4. The lowest BCUT2D eigenvalue weighted by atomic mass is 10.0. The number of aliphatic hydroxyl groups excluding tert-OH is 1. The van der Waals surface area contributed by atoms with Crippen LogP contribution < -0.4 is 11.1 Å². The van der Waals surface area contributed by atoms with Crippen molar-refractivity contribution in [2.75, 3.05) is 18.9 Å². The first-order valence-corrected chi connectivity index (χ1v) is 6.88. The zero-order chi connectivity index (χ0) is 13.5. The first-order valence-electron chi connectivity index (χ1n) is 6.88. The maximum absolute atomic E-state index is 12.1. The Morgan fingerprint density at radius 3 is 2.84 bits per heavy atom. The van der Waals surface area contributed by atoms with Crippen LogP contribution >= 0.6 is 0 Å². The highest BCUT2D eigenvalue weighted by Crippen LogP contribution is 2.48. The van der Waals surface area contributed by atoms with Crippen LogP contribution in [0.2, 0.25) is 0 Å². The Morgan fingerprint density at radius 1 is 1.53 bits per heavy atom. The highest BCUT2D eigenvalue weighted by molar-refractivity contribution is 5.97. The van der Waals surface area contributed by atoms with E-state index in [0.29, 0.717) is 23.8 Å². The van der Waals surface area contributed by atoms with Crippen molar-refractivity contribution in [2.45, 2.75) is 38.0 Å². The largest absolute Gasteiger partial charge is 0.396 e. The molecule has 6 nitrogen and oxygen atoms in total. The summed E-state index contributed by atoms with van der Waals surface area (Å²) in [6.07, 6.45) is 5.12. The number of carbonyl (C=O) groups is 1. The summed E-state index contributed by atoms with van der Waals surface area (Å²) in [5, 5.41) is 18.8. The molecule has 104 valence electrons. The molecular weight excluding hydrogens is 244 g/mol. The van der Waals surface area contributed by atoms with Crippen LogP contribution in [0, 0.1) is 5.41 Å². The lowest BCUT2D eigenvalue weighted by Gasteiger charge is -2.13. The van der Waals surface area contributed by atoms with Gasteiger partial charge >= 0.3 is 0 Å². The maximum Gasteiger partial charge on any atom is 0.273 e. The molecule has 2 saturated carbocycles. The lowest BCUT2D eigenvalue weighted by Crippen LogP contribution is -2.31. The molecule has 0 radical (unpaired) electrons. The zero-order valence-electron chi connectivity index (χ0n) is 10.9. The summed E-state index contributed by atoms with van der Waals surface area (Å²) >= 11 is 0. The van der Waals surface area contributed by atoms with Crippen LogP contribution in [0.3, 0.4) is 0 Å². The molecule has 0 aromatic carbocycles. The summed E-state index contributed by atoms with van der Waals surface area (Å²) in [5.41, 5.74) is 7.77. The molecule has 0 atom stereocenters. The van der Waals surface area contributed by atoms with Crippen LogP contribution in [0.15, 0.2) is 0 Å². The number of aromatic amines is 1. The van der Waals surface area contributed by atoms with E-state index in [1.54, 1.807) is 0 Å². The van der Waals surface area contributed by atoms with Gasteiger partial charge in [0, 0.05) is 19.1 Å². The van der Waals surface area contributed by atoms with Crippen LogP contribution in [0.1, 0.15) is 54.2 Å². The Labute approximate surface area is 111 Å². The fourth-order valence-corrected chi connectivity index (χ4v) is 2.50. The SMILES string of the molecule is Nc1c(C(=O)NCC2(CCO)CC2)n[nH]c1C1CC1. The molecule has 1 aromatic heterocycles. The first kappa shape index (κ1) is 12.5. The van der Waals surface area contributed by atoms with Crippen molar-refractivity contribution < 1.29 is 9.90 Å². The third kappa shape index (κ3) is 2.45. The Kier molecular flexibility index (Phi) is 2.97. The van der Waals surface area contributed by atoms with E-state index in [9.17, 15) is 4.79 Å². The maximum atomic E-state index is 12.1. The van der Waals surface area contributed by atoms with E-state index in [0.717, 1.165) is 37.8 Å². The van der Waals surface area contributed by atoms with Crippen molar-refractivity contribution in [3.8, 4) is 0 Å². The minimum atomic E-state index is -0.218. The number of aromatic nitrogens is 2. The van der Waals surface area contributed by atoms with Crippen LogP contribution in [0.4, 0.5) is 5.69 Å². The molecule has 0 saturated heterocycles. The van der Waals surface area contributed by atoms with Crippen molar-refractivity contribution >= 4 is 11.6 Å². The van der Waals surface area contributed by atoms with Gasteiger partial charge in [-0.1, -0.05) is 0 Å². The molecule has 1 heterocycles. The number of nitrogens with two attached hydrogens (primary N) is 1. The van der Waals surface area contributed by atoms with Crippen LogP contribution in [-0.4, -0.2) is 34.4 Å². The number of amides is 1. The van der Waals surface area contributed by atoms with Crippen molar-refractivity contribution in [3.63, 3.8) is 0 Å². The molecule has 19 heavy (non-hydrogen) atoms. The number of anilines is 1. The molecule has 0 unspecified atom stereocenters. The minimum absolute atomic E-state index is 0.106. The molecule has 3 rings (SSSR count). The summed E-state index contributed by atoms with van der Waals surface area (Å²) in [6, 6.07) is 0. The van der Waals surface area contributed by atoms with Crippen LogP contribution in [-0.2, 0) is 0 Å². The van der Waals surface area contributed by atoms with Gasteiger partial charge in [0.15, 0.2) is 5.69 Å². The van der Waals surface area contributed by atoms with E-state index in [-0.39, 0.29) is 17.9 Å². The molecule has 2 fully saturated rings. The van der Waals surface area contributed by atoms with Gasteiger partial charge in [-0.2, -0.15) is 5.10 Å². The van der Waals surface area contributed by atoms with E-state index in [2.05, 4.69) is 15.5 Å². The number of nitrogens with zero attached hydrogens (tertiary/aromatic N) is 1. The standard InChI is InChI=1S/C13H20N4O2/c14-9-10(8-1-2-8)16-17-11(9)12(19)15-7-13(3-4-13)5-6-18/h8,18H,1-7,14H2,(H,15,19)(H,16,17). The second kappa shape index (κ2) is 4.52. The number of H-pyrrole nitrogens is 1. The number of hydrogen-bond donors (Lipinski definition) is 4. The number of nitrogens with one attached hydrogen (secondary N) is 2. The molecule has 2 aliphatic carbocycles. The predicted molar refractivity (Wildman–Crippen MR) is 70.7 cm³/mol. The van der Waals surface area contributed by atoms with Gasteiger partial charge in [0.05, 0.1) is 11.4 Å². The zero-order valence-corrected chi connectivity index (χ0v) is 10.9. The Hall–Kier alpha value is -1.56. The Balaban J connectivity index is 1.61. The van der Waals surface area contributed by atoms with Gasteiger partial charge in [-0.05, 0) is 37.5 Å². The van der Waals surface area contributed by atoms with Crippen molar-refractivity contribution in [1.82, 2.24) is 15.5 Å². The van der Waals surface area contributed by atoms with E-state index in [4.69, 9.17) is 10.8 Å². The third-order valence-electron chi connectivity index (χ3n) is 4.26. The molecule has 0 spiro atoms. The molecule has 1 aromatic rings. The summed E-state index contributed by atoms with van der Waals surface area (Å²) in [5.74, 6) is 0.239. The van der Waals surface area contributed by atoms with E-state index in [1.807, 2.05) is 0 Å². The van der Waals surface area contributed by atoms with Gasteiger partial charge in [-0.25, -0.2) is 0 Å². The quantitative estimate of drug-likeness (QED) is 0.609. The van der Waals surface area contributed by atoms with Crippen molar-refractivity contribution in [1.29, 1.82) is 0 Å². The molecule has 0 bridgehead atoms.